The van der Waals surface area contributed by atoms with Crippen molar-refractivity contribution in [2.24, 2.45) is 5.73 Å². The summed E-state index contributed by atoms with van der Waals surface area (Å²) >= 11 is 11.8. The van der Waals surface area contributed by atoms with E-state index in [1.165, 1.54) is 18.4 Å². The van der Waals surface area contributed by atoms with Crippen molar-refractivity contribution in [2.45, 2.75) is 18.3 Å². The molecule has 0 heterocycles. The van der Waals surface area contributed by atoms with Crippen LogP contribution in [0.15, 0.2) is 18.2 Å². The number of hydrogen-bond acceptors (Lipinski definition) is 1. The molecule has 4 heteroatoms. The van der Waals surface area contributed by atoms with Crippen LogP contribution in [0.25, 0.3) is 0 Å². The van der Waals surface area contributed by atoms with Crippen LogP contribution in [0, 0.1) is 0 Å². The lowest BCUT2D eigenvalue weighted by Gasteiger charge is -2.13. The van der Waals surface area contributed by atoms with E-state index in [0.29, 0.717) is 16.6 Å². The van der Waals surface area contributed by atoms with Crippen LogP contribution in [0.2, 0.25) is 10.0 Å². The summed E-state index contributed by atoms with van der Waals surface area (Å²) in [6.07, 6.45) is 2.34. The van der Waals surface area contributed by atoms with Gasteiger partial charge in [-0.3, -0.25) is 0 Å². The molecule has 0 amide bonds. The molecule has 0 atom stereocenters. The van der Waals surface area contributed by atoms with Gasteiger partial charge in [0.15, 0.2) is 0 Å². The van der Waals surface area contributed by atoms with Crippen molar-refractivity contribution in [2.75, 3.05) is 6.54 Å². The van der Waals surface area contributed by atoms with E-state index >= 15 is 0 Å². The van der Waals surface area contributed by atoms with E-state index in [9.17, 15) is 0 Å². The molecule has 2 rings (SSSR count). The minimum atomic E-state index is 0. The molecule has 1 nitrogen and oxygen atoms in total. The molecule has 0 bridgehead atoms. The van der Waals surface area contributed by atoms with E-state index in [0.717, 1.165) is 0 Å². The van der Waals surface area contributed by atoms with Gasteiger partial charge in [-0.25, -0.2) is 0 Å². The predicted octanol–water partition coefficient (Wildman–Crippen LogP) is 3.41. The first-order valence-corrected chi connectivity index (χ1v) is 5.09. The minimum Gasteiger partial charge on any atom is -0.330 e. The van der Waals surface area contributed by atoms with Gasteiger partial charge in [0.05, 0.1) is 10.0 Å². The van der Waals surface area contributed by atoms with E-state index in [1.807, 2.05) is 18.2 Å². The lowest BCUT2D eigenvalue weighted by atomic mass is 9.96. The summed E-state index contributed by atoms with van der Waals surface area (Å²) in [5, 5.41) is 1.23. The van der Waals surface area contributed by atoms with Gasteiger partial charge in [-0.2, -0.15) is 0 Å². The molecule has 1 saturated carbocycles. The highest BCUT2D eigenvalue weighted by molar-refractivity contribution is 6.42. The quantitative estimate of drug-likeness (QED) is 0.858. The van der Waals surface area contributed by atoms with Crippen LogP contribution in [-0.2, 0) is 5.41 Å². The fourth-order valence-corrected chi connectivity index (χ4v) is 1.89. The highest BCUT2D eigenvalue weighted by Crippen LogP contribution is 2.48. The van der Waals surface area contributed by atoms with E-state index in [4.69, 9.17) is 28.9 Å². The van der Waals surface area contributed by atoms with Crippen LogP contribution in [0.5, 0.6) is 0 Å². The Labute approximate surface area is 100.0 Å². The summed E-state index contributed by atoms with van der Waals surface area (Å²) in [5.41, 5.74) is 7.14. The first-order valence-electron chi connectivity index (χ1n) is 4.33. The van der Waals surface area contributed by atoms with E-state index < -0.39 is 0 Å². The third kappa shape index (κ3) is 2.01. The van der Waals surface area contributed by atoms with Gasteiger partial charge < -0.3 is 5.73 Å². The van der Waals surface area contributed by atoms with Gasteiger partial charge in [0.1, 0.15) is 0 Å². The lowest BCUT2D eigenvalue weighted by molar-refractivity contribution is 0.705. The molecule has 14 heavy (non-hydrogen) atoms. The second-order valence-electron chi connectivity index (χ2n) is 3.61. The Morgan fingerprint density at radius 2 is 1.86 bits per heavy atom. The van der Waals surface area contributed by atoms with Gasteiger partial charge in [-0.05, 0) is 30.5 Å². The topological polar surface area (TPSA) is 26.0 Å². The van der Waals surface area contributed by atoms with Gasteiger partial charge in [-0.15, -0.1) is 12.4 Å². The van der Waals surface area contributed by atoms with Gasteiger partial charge in [0, 0.05) is 12.0 Å². The molecule has 0 saturated heterocycles. The Balaban J connectivity index is 0.000000980. The molecule has 0 aliphatic heterocycles. The summed E-state index contributed by atoms with van der Waals surface area (Å²) in [5.74, 6) is 0. The van der Waals surface area contributed by atoms with Gasteiger partial charge >= 0.3 is 0 Å². The third-order valence-corrected chi connectivity index (χ3v) is 3.52. The average Bonchev–Trinajstić information content (AvgIpc) is 2.90. The molecule has 0 aromatic heterocycles. The summed E-state index contributed by atoms with van der Waals surface area (Å²) in [4.78, 5) is 0. The summed E-state index contributed by atoms with van der Waals surface area (Å²) < 4.78 is 0. The van der Waals surface area contributed by atoms with Crippen LogP contribution in [0.4, 0.5) is 0 Å². The van der Waals surface area contributed by atoms with E-state index in [1.54, 1.807) is 0 Å². The minimum absolute atomic E-state index is 0. The molecule has 0 unspecified atom stereocenters. The Morgan fingerprint density at radius 1 is 1.21 bits per heavy atom. The van der Waals surface area contributed by atoms with Crippen molar-refractivity contribution < 1.29 is 0 Å². The highest BCUT2D eigenvalue weighted by Gasteiger charge is 2.42. The van der Waals surface area contributed by atoms with Crippen molar-refractivity contribution in [3.05, 3.63) is 33.8 Å². The third-order valence-electron chi connectivity index (χ3n) is 2.78. The number of rotatable bonds is 2. The number of nitrogens with two attached hydrogens (primary N) is 1. The standard InChI is InChI=1S/C10H11Cl2N.ClH/c11-8-2-1-7(5-9(8)12)10(6-13)3-4-10;/h1-2,5H,3-4,6,13H2;1H. The van der Waals surface area contributed by atoms with Gasteiger partial charge in [-0.1, -0.05) is 29.3 Å². The van der Waals surface area contributed by atoms with Crippen molar-refractivity contribution in [3.63, 3.8) is 0 Å². The number of benzene rings is 1. The molecule has 1 fully saturated rings. The van der Waals surface area contributed by atoms with Gasteiger partial charge in [0.2, 0.25) is 0 Å². The van der Waals surface area contributed by atoms with Crippen molar-refractivity contribution in [3.8, 4) is 0 Å². The Kier molecular flexibility index (Phi) is 3.70. The van der Waals surface area contributed by atoms with Crippen molar-refractivity contribution in [1.82, 2.24) is 0 Å². The monoisotopic (exact) mass is 251 g/mol. The van der Waals surface area contributed by atoms with Gasteiger partial charge in [0.25, 0.3) is 0 Å². The second-order valence-corrected chi connectivity index (χ2v) is 4.43. The maximum absolute atomic E-state index is 5.93. The summed E-state index contributed by atoms with van der Waals surface area (Å²) in [6.45, 7) is 0.699. The van der Waals surface area contributed by atoms with Crippen LogP contribution < -0.4 is 5.73 Å². The maximum atomic E-state index is 5.93. The zero-order valence-electron chi connectivity index (χ0n) is 7.59. The molecule has 78 valence electrons. The number of hydrogen-bond donors (Lipinski definition) is 1. The molecule has 1 aromatic carbocycles. The number of halogens is 3. The summed E-state index contributed by atoms with van der Waals surface area (Å²) in [7, 11) is 0. The average molecular weight is 253 g/mol. The first kappa shape index (κ1) is 12.1. The van der Waals surface area contributed by atoms with Crippen LogP contribution >= 0.6 is 35.6 Å². The molecule has 1 aromatic rings. The van der Waals surface area contributed by atoms with Crippen LogP contribution in [0.3, 0.4) is 0 Å². The molecular weight excluding hydrogens is 240 g/mol. The highest BCUT2D eigenvalue weighted by atomic mass is 35.5. The first-order chi connectivity index (χ1) is 6.18. The predicted molar refractivity (Wildman–Crippen MR) is 63.7 cm³/mol. The second kappa shape index (κ2) is 4.28. The lowest BCUT2D eigenvalue weighted by Crippen LogP contribution is -2.19. The molecular formula is C10H12Cl3N. The molecule has 2 N–H and O–H groups in total. The fraction of sp³-hybridized carbons (Fsp3) is 0.400. The Morgan fingerprint density at radius 3 is 2.29 bits per heavy atom. The zero-order valence-corrected chi connectivity index (χ0v) is 9.92. The van der Waals surface area contributed by atoms with E-state index in [-0.39, 0.29) is 17.8 Å². The fourth-order valence-electron chi connectivity index (χ4n) is 1.59. The smallest absolute Gasteiger partial charge is 0.0595 e. The largest absolute Gasteiger partial charge is 0.330 e. The Hall–Kier alpha value is 0.0500. The van der Waals surface area contributed by atoms with Crippen molar-refractivity contribution in [1.29, 1.82) is 0 Å². The summed E-state index contributed by atoms with van der Waals surface area (Å²) in [6, 6.07) is 5.80. The molecule has 0 spiro atoms. The van der Waals surface area contributed by atoms with Crippen LogP contribution in [0.1, 0.15) is 18.4 Å². The zero-order chi connectivity index (χ0) is 9.47. The van der Waals surface area contributed by atoms with E-state index in [2.05, 4.69) is 0 Å². The molecule has 1 aliphatic carbocycles. The normalized spacial score (nSPS) is 17.4. The SMILES string of the molecule is Cl.NCC1(c2ccc(Cl)c(Cl)c2)CC1. The maximum Gasteiger partial charge on any atom is 0.0595 e. The Bertz CT molecular complexity index is 334. The molecule has 1 aliphatic rings. The molecule has 0 radical (unpaired) electrons. The van der Waals surface area contributed by atoms with Crippen molar-refractivity contribution >= 4 is 35.6 Å². The van der Waals surface area contributed by atoms with Crippen LogP contribution in [-0.4, -0.2) is 6.54 Å².